The van der Waals surface area contributed by atoms with Gasteiger partial charge in [0, 0.05) is 7.05 Å². The maximum atomic E-state index is 13.1. The van der Waals surface area contributed by atoms with Crippen LogP contribution in [-0.4, -0.2) is 56.5 Å². The summed E-state index contributed by atoms with van der Waals surface area (Å²) >= 11 is 0. The first-order chi connectivity index (χ1) is 18.9. The molecule has 2 aromatic heterocycles. The van der Waals surface area contributed by atoms with Crippen molar-refractivity contribution in [1.29, 1.82) is 0 Å². The van der Waals surface area contributed by atoms with Gasteiger partial charge in [0.15, 0.2) is 5.56 Å². The first-order valence-electron chi connectivity index (χ1n) is 9.76. The highest BCUT2D eigenvalue weighted by Crippen LogP contribution is 2.45. The average molecular weight is 675 g/mol. The molecule has 0 aliphatic carbocycles. The van der Waals surface area contributed by atoms with Crippen LogP contribution in [0.15, 0.2) is 0 Å². The molecule has 0 radical (unpaired) electrons. The van der Waals surface area contributed by atoms with Crippen molar-refractivity contribution >= 4 is 5.82 Å². The number of halogens is 19. The number of aryl methyl sites for hydroxylation is 2. The van der Waals surface area contributed by atoms with Crippen LogP contribution in [0.25, 0.3) is 4.85 Å². The monoisotopic (exact) mass is 675 g/mol. The fourth-order valence-electron chi connectivity index (χ4n) is 2.47. The topological polar surface area (TPSA) is 58.5 Å². The molecule has 0 aliphatic heterocycles. The molecule has 7 nitrogen and oxygen atoms in total. The maximum Gasteiger partial charge on any atom is 0.440 e. The molecule has 0 spiro atoms. The maximum absolute atomic E-state index is 13.1. The van der Waals surface area contributed by atoms with Crippen molar-refractivity contribution in [2.45, 2.75) is 49.3 Å². The molecule has 43 heavy (non-hydrogen) atoms. The van der Waals surface area contributed by atoms with Gasteiger partial charge in [-0.1, -0.05) is 11.7 Å². The molecule has 0 N–H and O–H groups in total. The Morgan fingerprint density at radius 2 is 0.953 bits per heavy atom. The molecule has 0 bridgehead atoms. The molecular formula is C17H8F19N5O2. The van der Waals surface area contributed by atoms with Crippen LogP contribution in [0.3, 0.4) is 0 Å². The Balaban J connectivity index is 0.000000430. The van der Waals surface area contributed by atoms with E-state index in [1.807, 2.05) is 0 Å². The van der Waals surface area contributed by atoms with E-state index >= 15 is 0 Å². The minimum atomic E-state index is -6.10. The fourth-order valence-corrected chi connectivity index (χ4v) is 2.47. The van der Waals surface area contributed by atoms with E-state index in [0.29, 0.717) is 7.05 Å². The van der Waals surface area contributed by atoms with Crippen molar-refractivity contribution in [3.63, 3.8) is 0 Å². The van der Waals surface area contributed by atoms with Gasteiger partial charge in [-0.25, -0.2) is 13.5 Å². The summed E-state index contributed by atoms with van der Waals surface area (Å²) in [6, 6.07) is 0. The zero-order valence-corrected chi connectivity index (χ0v) is 19.9. The normalized spacial score (nSPS) is 14.9. The van der Waals surface area contributed by atoms with Gasteiger partial charge < -0.3 is 14.3 Å². The SMILES string of the molecule is Cn1nc(OC(F)(F)C(F)C(F)(F)F)c(C(F)(F)F)c1F.[C-]#[N+]c1c(C(F)(F)F)c(OC(F)(F)C(F)C(F)(F)F)nn1C. The van der Waals surface area contributed by atoms with E-state index in [-0.39, 0.29) is 9.36 Å². The molecule has 26 heteroatoms. The van der Waals surface area contributed by atoms with Crippen LogP contribution in [-0.2, 0) is 26.4 Å². The zero-order chi connectivity index (χ0) is 34.3. The second kappa shape index (κ2) is 11.7. The molecular weight excluding hydrogens is 667 g/mol. The number of nitrogens with zero attached hydrogens (tertiary/aromatic N) is 5. The lowest BCUT2D eigenvalue weighted by atomic mass is 10.3. The summed E-state index contributed by atoms with van der Waals surface area (Å²) in [4.78, 5) is 2.37. The van der Waals surface area contributed by atoms with Gasteiger partial charge >= 0.3 is 36.9 Å². The predicted molar refractivity (Wildman–Crippen MR) is 95.7 cm³/mol. The number of rotatable bonds is 6. The lowest BCUT2D eigenvalue weighted by Crippen LogP contribution is -2.46. The standard InChI is InChI=1S/C9H4F9N3O.C8H4F10N2O/c1-19-4-3(7(11,12)13)5(20-21(4)2)22-9(17,18)6(10)8(14,15)16;1-20-3(9)2(6(11,12)13)4(19-20)21-8(17,18)5(10)7(14,15)16/h6H,2H3;5H,1H3. The van der Waals surface area contributed by atoms with E-state index in [1.54, 1.807) is 0 Å². The third-order valence-corrected chi connectivity index (χ3v) is 4.23. The second-order valence-corrected chi connectivity index (χ2v) is 7.47. The van der Waals surface area contributed by atoms with Crippen molar-refractivity contribution in [3.8, 4) is 11.8 Å². The van der Waals surface area contributed by atoms with E-state index in [2.05, 4.69) is 24.5 Å². The van der Waals surface area contributed by atoms with Crippen LogP contribution in [0.1, 0.15) is 11.1 Å². The Labute approximate surface area is 223 Å². The Morgan fingerprint density at radius 1 is 0.628 bits per heavy atom. The molecule has 0 fully saturated rings. The van der Waals surface area contributed by atoms with Crippen LogP contribution in [0.4, 0.5) is 89.2 Å². The zero-order valence-electron chi connectivity index (χ0n) is 19.9. The first kappa shape index (κ1) is 37.2. The number of hydrogen-bond acceptors (Lipinski definition) is 4. The van der Waals surface area contributed by atoms with Gasteiger partial charge in [-0.05, 0) is 0 Å². The lowest BCUT2D eigenvalue weighted by Gasteiger charge is -2.22. The Bertz CT molecular complexity index is 1310. The van der Waals surface area contributed by atoms with E-state index in [4.69, 9.17) is 6.57 Å². The molecule has 246 valence electrons. The smallest absolute Gasteiger partial charge is 0.410 e. The van der Waals surface area contributed by atoms with E-state index in [1.165, 1.54) is 0 Å². The molecule has 0 aromatic carbocycles. The quantitative estimate of drug-likeness (QED) is 0.238. The molecule has 2 atom stereocenters. The summed E-state index contributed by atoms with van der Waals surface area (Å²) in [6.45, 7) is 6.50. The van der Waals surface area contributed by atoms with E-state index < -0.39 is 83.9 Å². The predicted octanol–water partition coefficient (Wildman–Crippen LogP) is 7.31. The average Bonchev–Trinajstić information content (AvgIpc) is 3.24. The van der Waals surface area contributed by atoms with Gasteiger partial charge in [-0.15, -0.1) is 5.10 Å². The van der Waals surface area contributed by atoms with Crippen LogP contribution in [0.5, 0.6) is 11.8 Å². The van der Waals surface area contributed by atoms with Gasteiger partial charge in [0.25, 0.3) is 29.9 Å². The van der Waals surface area contributed by atoms with Gasteiger partial charge in [0.05, 0.1) is 7.05 Å². The molecule has 2 heterocycles. The summed E-state index contributed by atoms with van der Waals surface area (Å²) in [5, 5.41) is 5.26. The summed E-state index contributed by atoms with van der Waals surface area (Å²) in [5.41, 5.74) is -4.60. The summed E-state index contributed by atoms with van der Waals surface area (Å²) < 4.78 is 242. The van der Waals surface area contributed by atoms with Crippen molar-refractivity contribution < 1.29 is 92.9 Å². The third kappa shape index (κ3) is 8.61. The van der Waals surface area contributed by atoms with Crippen LogP contribution in [0, 0.1) is 12.5 Å². The summed E-state index contributed by atoms with van der Waals surface area (Å²) in [6.07, 6.45) is -44.4. The Kier molecular flexibility index (Phi) is 10.1. The number of hydrogen-bond donors (Lipinski definition) is 0. The highest BCUT2D eigenvalue weighted by atomic mass is 19.4. The van der Waals surface area contributed by atoms with Crippen molar-refractivity contribution in [3.05, 3.63) is 28.5 Å². The number of aromatic nitrogens is 4. The van der Waals surface area contributed by atoms with E-state index in [0.717, 1.165) is 7.05 Å². The van der Waals surface area contributed by atoms with Crippen molar-refractivity contribution in [2.75, 3.05) is 0 Å². The molecule has 2 aromatic rings. The van der Waals surface area contributed by atoms with Gasteiger partial charge in [0.1, 0.15) is 5.56 Å². The van der Waals surface area contributed by atoms with Crippen LogP contribution < -0.4 is 9.47 Å². The molecule has 0 saturated heterocycles. The van der Waals surface area contributed by atoms with Crippen molar-refractivity contribution in [1.82, 2.24) is 19.6 Å². The number of ether oxygens (including phenoxy) is 2. The van der Waals surface area contributed by atoms with Crippen LogP contribution >= 0.6 is 0 Å². The minimum absolute atomic E-state index is 0.169. The highest BCUT2D eigenvalue weighted by molar-refractivity contribution is 5.53. The second-order valence-electron chi connectivity index (χ2n) is 7.47. The van der Waals surface area contributed by atoms with Gasteiger partial charge in [-0.2, -0.15) is 79.3 Å². The van der Waals surface area contributed by atoms with Gasteiger partial charge in [0.2, 0.25) is 5.95 Å². The Morgan fingerprint density at radius 3 is 1.26 bits per heavy atom. The molecule has 0 amide bonds. The first-order valence-corrected chi connectivity index (χ1v) is 9.76. The van der Waals surface area contributed by atoms with Crippen LogP contribution in [0.2, 0.25) is 0 Å². The third-order valence-electron chi connectivity index (χ3n) is 4.23. The summed E-state index contributed by atoms with van der Waals surface area (Å²) in [7, 11) is 1.29. The number of alkyl halides is 18. The highest BCUT2D eigenvalue weighted by Gasteiger charge is 2.61. The summed E-state index contributed by atoms with van der Waals surface area (Å²) in [5.74, 6) is -7.73. The molecule has 2 rings (SSSR count). The minimum Gasteiger partial charge on any atom is -0.410 e. The van der Waals surface area contributed by atoms with Crippen molar-refractivity contribution in [2.24, 2.45) is 14.1 Å². The molecule has 0 aliphatic rings. The van der Waals surface area contributed by atoms with Gasteiger partial charge in [-0.3, -0.25) is 0 Å². The Hall–Kier alpha value is -3.82. The van der Waals surface area contributed by atoms with E-state index in [9.17, 15) is 83.4 Å². The lowest BCUT2D eigenvalue weighted by molar-refractivity contribution is -0.307. The molecule has 0 saturated carbocycles. The fraction of sp³-hybridized carbons (Fsp3) is 0.588. The largest absolute Gasteiger partial charge is 0.440 e. The molecule has 2 unspecified atom stereocenters.